The summed E-state index contributed by atoms with van der Waals surface area (Å²) in [5, 5.41) is 0. The van der Waals surface area contributed by atoms with Gasteiger partial charge in [0.15, 0.2) is 0 Å². The van der Waals surface area contributed by atoms with Crippen LogP contribution in [0.4, 0.5) is 0 Å². The molecule has 3 N–H and O–H groups in total. The van der Waals surface area contributed by atoms with Gasteiger partial charge in [-0.1, -0.05) is 6.07 Å². The highest BCUT2D eigenvalue weighted by Crippen LogP contribution is 2.21. The van der Waals surface area contributed by atoms with Gasteiger partial charge >= 0.3 is 0 Å². The van der Waals surface area contributed by atoms with Crippen molar-refractivity contribution in [1.29, 1.82) is 0 Å². The number of H-pyrrole nitrogens is 1. The number of hydrogen-bond acceptors (Lipinski definition) is 4. The van der Waals surface area contributed by atoms with Crippen molar-refractivity contribution in [3.8, 4) is 0 Å². The summed E-state index contributed by atoms with van der Waals surface area (Å²) in [7, 11) is 0. The van der Waals surface area contributed by atoms with Gasteiger partial charge in [0.2, 0.25) is 0 Å². The minimum Gasteiger partial charge on any atom is -0.404 e. The van der Waals surface area contributed by atoms with Crippen molar-refractivity contribution in [2.75, 3.05) is 6.54 Å². The summed E-state index contributed by atoms with van der Waals surface area (Å²) in [6.45, 7) is 1.14. The number of aromatic amines is 1. The SMILES string of the molecule is N/C=C(/C(=O)N1CCc2nc[nH]c2C1)c1cccc(Br)n1. The summed E-state index contributed by atoms with van der Waals surface area (Å²) < 4.78 is 0.668. The molecule has 1 aliphatic heterocycles. The van der Waals surface area contributed by atoms with Gasteiger partial charge in [-0.05, 0) is 28.1 Å². The Balaban J connectivity index is 1.84. The zero-order chi connectivity index (χ0) is 14.8. The van der Waals surface area contributed by atoms with Crippen LogP contribution in [0.15, 0.2) is 35.3 Å². The van der Waals surface area contributed by atoms with Crippen LogP contribution >= 0.6 is 15.9 Å². The van der Waals surface area contributed by atoms with Crippen LogP contribution in [0.1, 0.15) is 17.1 Å². The Hall–Kier alpha value is -2.15. The van der Waals surface area contributed by atoms with Crippen LogP contribution in [-0.4, -0.2) is 32.3 Å². The van der Waals surface area contributed by atoms with Crippen molar-refractivity contribution < 1.29 is 4.79 Å². The number of nitrogens with zero attached hydrogens (tertiary/aromatic N) is 3. The molecule has 0 bridgehead atoms. The summed E-state index contributed by atoms with van der Waals surface area (Å²) >= 11 is 3.30. The van der Waals surface area contributed by atoms with Gasteiger partial charge in [-0.2, -0.15) is 0 Å². The molecule has 0 aliphatic carbocycles. The molecule has 108 valence electrons. The number of imidazole rings is 1. The largest absolute Gasteiger partial charge is 0.404 e. The molecule has 0 aromatic carbocycles. The lowest BCUT2D eigenvalue weighted by Crippen LogP contribution is -2.36. The van der Waals surface area contributed by atoms with Crippen molar-refractivity contribution in [3.63, 3.8) is 0 Å². The maximum Gasteiger partial charge on any atom is 0.257 e. The van der Waals surface area contributed by atoms with E-state index in [0.717, 1.165) is 17.8 Å². The lowest BCUT2D eigenvalue weighted by atomic mass is 10.1. The third-order valence-electron chi connectivity index (χ3n) is 3.45. The molecule has 7 heteroatoms. The smallest absolute Gasteiger partial charge is 0.257 e. The number of aromatic nitrogens is 3. The number of nitrogens with one attached hydrogen (secondary N) is 1. The highest BCUT2D eigenvalue weighted by atomic mass is 79.9. The number of amides is 1. The zero-order valence-corrected chi connectivity index (χ0v) is 12.8. The van der Waals surface area contributed by atoms with Gasteiger partial charge in [-0.25, -0.2) is 9.97 Å². The summed E-state index contributed by atoms with van der Waals surface area (Å²) in [6.07, 6.45) is 3.72. The first-order chi connectivity index (χ1) is 10.2. The van der Waals surface area contributed by atoms with E-state index in [1.54, 1.807) is 23.4 Å². The third kappa shape index (κ3) is 2.69. The number of nitrogens with two attached hydrogens (primary N) is 1. The minimum atomic E-state index is -0.122. The van der Waals surface area contributed by atoms with E-state index in [2.05, 4.69) is 30.9 Å². The second-order valence-electron chi connectivity index (χ2n) is 4.73. The Morgan fingerprint density at radius 1 is 1.48 bits per heavy atom. The van der Waals surface area contributed by atoms with Gasteiger partial charge in [0, 0.05) is 19.2 Å². The molecule has 0 saturated carbocycles. The summed E-state index contributed by atoms with van der Waals surface area (Å²) in [5.41, 5.74) is 8.62. The van der Waals surface area contributed by atoms with E-state index in [1.165, 1.54) is 6.20 Å². The van der Waals surface area contributed by atoms with E-state index in [-0.39, 0.29) is 5.91 Å². The number of carbonyl (C=O) groups is 1. The molecule has 1 amide bonds. The van der Waals surface area contributed by atoms with Crippen LogP contribution < -0.4 is 5.73 Å². The van der Waals surface area contributed by atoms with E-state index in [9.17, 15) is 4.79 Å². The Kier molecular flexibility index (Phi) is 3.74. The van der Waals surface area contributed by atoms with E-state index < -0.39 is 0 Å². The normalized spacial score (nSPS) is 14.9. The Morgan fingerprint density at radius 2 is 2.33 bits per heavy atom. The molecule has 0 radical (unpaired) electrons. The van der Waals surface area contributed by atoms with Crippen molar-refractivity contribution in [3.05, 3.63) is 52.4 Å². The number of carbonyl (C=O) groups excluding carboxylic acids is 1. The number of pyridine rings is 1. The fraction of sp³-hybridized carbons (Fsp3) is 0.214. The molecule has 0 saturated heterocycles. The maximum atomic E-state index is 12.7. The van der Waals surface area contributed by atoms with Gasteiger partial charge in [-0.15, -0.1) is 0 Å². The van der Waals surface area contributed by atoms with Crippen LogP contribution in [0.2, 0.25) is 0 Å². The Labute approximate surface area is 130 Å². The van der Waals surface area contributed by atoms with Crippen molar-refractivity contribution in [2.24, 2.45) is 5.73 Å². The Morgan fingerprint density at radius 3 is 3.10 bits per heavy atom. The van der Waals surface area contributed by atoms with Crippen LogP contribution in [-0.2, 0) is 17.8 Å². The van der Waals surface area contributed by atoms with Crippen LogP contribution in [0.5, 0.6) is 0 Å². The molecule has 0 fully saturated rings. The summed E-state index contributed by atoms with van der Waals surface area (Å²) in [6, 6.07) is 5.40. The van der Waals surface area contributed by atoms with Gasteiger partial charge in [-0.3, -0.25) is 4.79 Å². The summed E-state index contributed by atoms with van der Waals surface area (Å²) in [5.74, 6) is -0.122. The number of rotatable bonds is 2. The lowest BCUT2D eigenvalue weighted by Gasteiger charge is -2.27. The molecular weight excluding hydrogens is 334 g/mol. The topological polar surface area (TPSA) is 87.9 Å². The highest BCUT2D eigenvalue weighted by molar-refractivity contribution is 9.10. The molecule has 2 aromatic heterocycles. The molecule has 0 spiro atoms. The molecular formula is C14H14BrN5O. The fourth-order valence-electron chi connectivity index (χ4n) is 2.38. The standard InChI is InChI=1S/C14H14BrN5O/c15-13-3-1-2-10(19-13)9(6-16)14(21)20-5-4-11-12(7-20)18-8-17-11/h1-3,6,8H,4-5,7,16H2,(H,17,18)/b9-6+. The van der Waals surface area contributed by atoms with Crippen molar-refractivity contribution >= 4 is 27.4 Å². The first kappa shape index (κ1) is 13.8. The molecule has 0 atom stereocenters. The predicted octanol–water partition coefficient (Wildman–Crippen LogP) is 1.45. The molecule has 21 heavy (non-hydrogen) atoms. The fourth-order valence-corrected chi connectivity index (χ4v) is 2.72. The maximum absolute atomic E-state index is 12.7. The van der Waals surface area contributed by atoms with Crippen molar-refractivity contribution in [2.45, 2.75) is 13.0 Å². The second kappa shape index (κ2) is 5.69. The lowest BCUT2D eigenvalue weighted by molar-refractivity contribution is -0.126. The van der Waals surface area contributed by atoms with Crippen LogP contribution in [0, 0.1) is 0 Å². The third-order valence-corrected chi connectivity index (χ3v) is 3.89. The molecule has 1 aliphatic rings. The van der Waals surface area contributed by atoms with Crippen molar-refractivity contribution in [1.82, 2.24) is 19.9 Å². The number of hydrogen-bond donors (Lipinski definition) is 2. The molecule has 3 rings (SSSR count). The molecule has 6 nitrogen and oxygen atoms in total. The second-order valence-corrected chi connectivity index (χ2v) is 5.54. The highest BCUT2D eigenvalue weighted by Gasteiger charge is 2.25. The average Bonchev–Trinajstić information content (AvgIpc) is 2.95. The van der Waals surface area contributed by atoms with E-state index >= 15 is 0 Å². The quantitative estimate of drug-likeness (QED) is 0.635. The first-order valence-corrected chi connectivity index (χ1v) is 7.33. The van der Waals surface area contributed by atoms with Gasteiger partial charge in [0.1, 0.15) is 4.60 Å². The average molecular weight is 348 g/mol. The van der Waals surface area contributed by atoms with Gasteiger partial charge in [0.25, 0.3) is 5.91 Å². The van der Waals surface area contributed by atoms with Gasteiger partial charge in [0.05, 0.1) is 35.5 Å². The predicted molar refractivity (Wildman–Crippen MR) is 81.8 cm³/mol. The monoisotopic (exact) mass is 347 g/mol. The molecule has 3 heterocycles. The van der Waals surface area contributed by atoms with E-state index in [4.69, 9.17) is 5.73 Å². The zero-order valence-electron chi connectivity index (χ0n) is 11.2. The van der Waals surface area contributed by atoms with Crippen LogP contribution in [0.3, 0.4) is 0 Å². The number of halogens is 1. The molecule has 0 unspecified atom stereocenters. The first-order valence-electron chi connectivity index (χ1n) is 6.54. The minimum absolute atomic E-state index is 0.122. The van der Waals surface area contributed by atoms with E-state index in [1.807, 2.05) is 6.07 Å². The Bertz CT molecular complexity index is 709. The number of fused-ring (bicyclic) bond motifs is 1. The molecule has 2 aromatic rings. The van der Waals surface area contributed by atoms with E-state index in [0.29, 0.717) is 29.0 Å². The van der Waals surface area contributed by atoms with Gasteiger partial charge < -0.3 is 15.6 Å². The summed E-state index contributed by atoms with van der Waals surface area (Å²) in [4.78, 5) is 26.0. The van der Waals surface area contributed by atoms with Crippen LogP contribution in [0.25, 0.3) is 5.57 Å².